The van der Waals surface area contributed by atoms with E-state index in [9.17, 15) is 4.79 Å². The summed E-state index contributed by atoms with van der Waals surface area (Å²) in [5.74, 6) is -0.144. The van der Waals surface area contributed by atoms with Crippen LogP contribution in [0.15, 0.2) is 48.1 Å². The van der Waals surface area contributed by atoms with E-state index in [2.05, 4.69) is 49.5 Å². The Morgan fingerprint density at radius 1 is 0.731 bits per heavy atom. The molecule has 148 valence electrons. The van der Waals surface area contributed by atoms with E-state index < -0.39 is 0 Å². The molecule has 0 aliphatic carbocycles. The Bertz CT molecular complexity index is 441. The SMILES string of the molecule is CC/C=C\C/C=C\C/C=C\CCCCCCCC=C(CC)C(=O)OCC. The van der Waals surface area contributed by atoms with E-state index in [0.29, 0.717) is 6.61 Å². The summed E-state index contributed by atoms with van der Waals surface area (Å²) in [6, 6.07) is 0. The fourth-order valence-corrected chi connectivity index (χ4v) is 2.64. The second-order valence-electron chi connectivity index (χ2n) is 6.44. The van der Waals surface area contributed by atoms with Crippen molar-refractivity contribution in [2.24, 2.45) is 0 Å². The van der Waals surface area contributed by atoms with Gasteiger partial charge in [-0.15, -0.1) is 0 Å². The lowest BCUT2D eigenvalue weighted by Gasteiger charge is -2.04. The maximum atomic E-state index is 11.7. The topological polar surface area (TPSA) is 26.3 Å². The van der Waals surface area contributed by atoms with Crippen LogP contribution in [0.3, 0.4) is 0 Å². The summed E-state index contributed by atoms with van der Waals surface area (Å²) >= 11 is 0. The van der Waals surface area contributed by atoms with Gasteiger partial charge in [0.2, 0.25) is 0 Å². The first-order valence-corrected chi connectivity index (χ1v) is 10.6. The van der Waals surface area contributed by atoms with Gasteiger partial charge < -0.3 is 4.74 Å². The van der Waals surface area contributed by atoms with E-state index in [1.54, 1.807) is 0 Å². The number of esters is 1. The van der Waals surface area contributed by atoms with Crippen LogP contribution in [0.25, 0.3) is 0 Å². The van der Waals surface area contributed by atoms with E-state index in [1.807, 2.05) is 13.8 Å². The molecule has 0 unspecified atom stereocenters. The number of hydrogen-bond donors (Lipinski definition) is 0. The van der Waals surface area contributed by atoms with Gasteiger partial charge in [0.05, 0.1) is 6.61 Å². The first-order valence-electron chi connectivity index (χ1n) is 10.6. The molecule has 0 bridgehead atoms. The minimum Gasteiger partial charge on any atom is -0.463 e. The van der Waals surface area contributed by atoms with Crippen molar-refractivity contribution >= 4 is 5.97 Å². The van der Waals surface area contributed by atoms with Gasteiger partial charge in [0, 0.05) is 5.57 Å². The highest BCUT2D eigenvalue weighted by molar-refractivity contribution is 5.88. The molecule has 2 heteroatoms. The van der Waals surface area contributed by atoms with Crippen molar-refractivity contribution in [2.75, 3.05) is 6.61 Å². The van der Waals surface area contributed by atoms with Crippen molar-refractivity contribution in [3.8, 4) is 0 Å². The summed E-state index contributed by atoms with van der Waals surface area (Å²) < 4.78 is 5.05. The van der Waals surface area contributed by atoms with Gasteiger partial charge in [-0.3, -0.25) is 0 Å². The van der Waals surface area contributed by atoms with Gasteiger partial charge in [0.1, 0.15) is 0 Å². The van der Waals surface area contributed by atoms with Gasteiger partial charge in [0.25, 0.3) is 0 Å². The normalized spacial score (nSPS) is 12.7. The van der Waals surface area contributed by atoms with Crippen LogP contribution in [0.5, 0.6) is 0 Å². The molecule has 0 radical (unpaired) electrons. The highest BCUT2D eigenvalue weighted by atomic mass is 16.5. The zero-order valence-corrected chi connectivity index (χ0v) is 17.3. The summed E-state index contributed by atoms with van der Waals surface area (Å²) in [5.41, 5.74) is 0.826. The van der Waals surface area contributed by atoms with Crippen LogP contribution in [0.2, 0.25) is 0 Å². The molecule has 0 aromatic carbocycles. The van der Waals surface area contributed by atoms with Gasteiger partial charge in [-0.2, -0.15) is 0 Å². The maximum absolute atomic E-state index is 11.7. The third kappa shape index (κ3) is 15.9. The lowest BCUT2D eigenvalue weighted by Crippen LogP contribution is -2.06. The first-order chi connectivity index (χ1) is 12.8. The van der Waals surface area contributed by atoms with Gasteiger partial charge in [0.15, 0.2) is 0 Å². The van der Waals surface area contributed by atoms with Crippen LogP contribution in [0, 0.1) is 0 Å². The zero-order valence-electron chi connectivity index (χ0n) is 17.3. The number of ether oxygens (including phenoxy) is 1. The average Bonchev–Trinajstić information content (AvgIpc) is 2.64. The molecule has 0 saturated carbocycles. The van der Waals surface area contributed by atoms with Crippen LogP contribution < -0.4 is 0 Å². The predicted octanol–water partition coefficient (Wildman–Crippen LogP) is 7.48. The number of rotatable bonds is 16. The molecule has 0 N–H and O–H groups in total. The molecule has 0 aromatic rings. The molecular weight excluding hydrogens is 320 g/mol. The Labute approximate surface area is 162 Å². The number of carbonyl (C=O) groups is 1. The Kier molecular flexibility index (Phi) is 18.6. The smallest absolute Gasteiger partial charge is 0.333 e. The highest BCUT2D eigenvalue weighted by Gasteiger charge is 2.06. The molecular formula is C24H40O2. The molecule has 26 heavy (non-hydrogen) atoms. The third-order valence-corrected chi connectivity index (χ3v) is 4.16. The van der Waals surface area contributed by atoms with Gasteiger partial charge >= 0.3 is 5.97 Å². The first kappa shape index (κ1) is 24.4. The molecule has 2 nitrogen and oxygen atoms in total. The summed E-state index contributed by atoms with van der Waals surface area (Å²) in [6.07, 6.45) is 28.0. The Hall–Kier alpha value is -1.57. The lowest BCUT2D eigenvalue weighted by atomic mass is 10.1. The summed E-state index contributed by atoms with van der Waals surface area (Å²) in [4.78, 5) is 11.7. The van der Waals surface area contributed by atoms with Crippen LogP contribution in [-0.4, -0.2) is 12.6 Å². The van der Waals surface area contributed by atoms with Crippen molar-refractivity contribution in [1.29, 1.82) is 0 Å². The second-order valence-corrected chi connectivity index (χ2v) is 6.44. The van der Waals surface area contributed by atoms with Crippen LogP contribution in [0.1, 0.15) is 91.4 Å². The molecule has 0 aliphatic rings. The van der Waals surface area contributed by atoms with Crippen molar-refractivity contribution in [1.82, 2.24) is 0 Å². The zero-order chi connectivity index (χ0) is 19.3. The summed E-state index contributed by atoms with van der Waals surface area (Å²) in [6.45, 7) is 6.48. The predicted molar refractivity (Wildman–Crippen MR) is 114 cm³/mol. The van der Waals surface area contributed by atoms with E-state index >= 15 is 0 Å². The van der Waals surface area contributed by atoms with Gasteiger partial charge in [-0.1, -0.05) is 75.6 Å². The summed E-state index contributed by atoms with van der Waals surface area (Å²) in [5, 5.41) is 0. The van der Waals surface area contributed by atoms with Crippen LogP contribution in [0.4, 0.5) is 0 Å². The molecule has 0 amide bonds. The molecule has 0 atom stereocenters. The molecule has 0 aliphatic heterocycles. The van der Waals surface area contributed by atoms with Crippen molar-refractivity contribution in [2.45, 2.75) is 91.4 Å². The number of hydrogen-bond acceptors (Lipinski definition) is 2. The Balaban J connectivity index is 3.54. The minimum atomic E-state index is -0.144. The van der Waals surface area contributed by atoms with E-state index in [-0.39, 0.29) is 5.97 Å². The molecule has 0 aromatic heterocycles. The molecule has 0 spiro atoms. The Morgan fingerprint density at radius 2 is 1.31 bits per heavy atom. The Morgan fingerprint density at radius 3 is 1.92 bits per heavy atom. The lowest BCUT2D eigenvalue weighted by molar-refractivity contribution is -0.138. The van der Waals surface area contributed by atoms with Crippen molar-refractivity contribution in [3.63, 3.8) is 0 Å². The fraction of sp³-hybridized carbons (Fsp3) is 0.625. The average molecular weight is 361 g/mol. The van der Waals surface area contributed by atoms with E-state index in [4.69, 9.17) is 4.74 Å². The number of carbonyl (C=O) groups excluding carboxylic acids is 1. The minimum absolute atomic E-state index is 0.144. The standard InChI is InChI=1S/C24H40O2/c1-4-7-8-9-10-11-12-13-14-15-16-17-18-19-20-21-22-23(5-2)24(25)26-6-3/h7-8,10-11,13-14,22H,4-6,9,12,15-21H2,1-3H3/b8-7-,11-10-,14-13-,23-22?. The van der Waals surface area contributed by atoms with Gasteiger partial charge in [-0.05, 0) is 58.3 Å². The van der Waals surface area contributed by atoms with Crippen molar-refractivity contribution < 1.29 is 9.53 Å². The van der Waals surface area contributed by atoms with Crippen molar-refractivity contribution in [3.05, 3.63) is 48.1 Å². The number of unbranched alkanes of at least 4 members (excludes halogenated alkanes) is 6. The van der Waals surface area contributed by atoms with E-state index in [1.165, 1.54) is 32.1 Å². The molecule has 0 fully saturated rings. The largest absolute Gasteiger partial charge is 0.463 e. The van der Waals surface area contributed by atoms with Gasteiger partial charge in [-0.25, -0.2) is 4.79 Å². The highest BCUT2D eigenvalue weighted by Crippen LogP contribution is 2.11. The summed E-state index contributed by atoms with van der Waals surface area (Å²) in [7, 11) is 0. The monoisotopic (exact) mass is 360 g/mol. The molecule has 0 saturated heterocycles. The van der Waals surface area contributed by atoms with Crippen LogP contribution >= 0.6 is 0 Å². The third-order valence-electron chi connectivity index (χ3n) is 4.16. The van der Waals surface area contributed by atoms with E-state index in [0.717, 1.165) is 44.1 Å². The molecule has 0 heterocycles. The molecule has 0 rings (SSSR count). The second kappa shape index (κ2) is 19.8. The van der Waals surface area contributed by atoms with Crippen LogP contribution in [-0.2, 0) is 9.53 Å². The quantitative estimate of drug-likeness (QED) is 0.123. The fourth-order valence-electron chi connectivity index (χ4n) is 2.64. The maximum Gasteiger partial charge on any atom is 0.333 e. The number of allylic oxidation sites excluding steroid dienone is 7.